The number of fused-ring (bicyclic) bond motifs is 4. The molecule has 2 nitrogen and oxygen atoms in total. The molecule has 0 fully saturated rings. The van der Waals surface area contributed by atoms with Crippen molar-refractivity contribution in [1.82, 2.24) is 4.57 Å². The van der Waals surface area contributed by atoms with E-state index in [1.54, 1.807) is 0 Å². The van der Waals surface area contributed by atoms with Gasteiger partial charge in [0.25, 0.3) is 0 Å². The Labute approximate surface area is 370 Å². The molecule has 1 aliphatic rings. The predicted octanol–water partition coefficient (Wildman–Crippen LogP) is 13.1. The third kappa shape index (κ3) is 7.25. The smallest absolute Gasteiger partial charge is 0.133 e. The van der Waals surface area contributed by atoms with Crippen LogP contribution in [-0.4, -0.2) is 13.4 Å². The number of nitrogens with zero attached hydrogens (tertiary/aromatic N) is 2. The Bertz CT molecular complexity index is 3290. The van der Waals surface area contributed by atoms with Crippen LogP contribution in [-0.2, 0) is 0 Å². The zero-order valence-corrected chi connectivity index (χ0v) is 36.0. The van der Waals surface area contributed by atoms with E-state index in [1.165, 1.54) is 59.6 Å². The summed E-state index contributed by atoms with van der Waals surface area (Å²) >= 11 is 0. The van der Waals surface area contributed by atoms with Crippen molar-refractivity contribution in [3.8, 4) is 27.9 Å². The lowest BCUT2D eigenvalue weighted by atomic mass is 9.95. The van der Waals surface area contributed by atoms with Gasteiger partial charge in [-0.2, -0.15) is 0 Å². The first-order chi connectivity index (χ1) is 31.2. The molecule has 1 aromatic heterocycles. The van der Waals surface area contributed by atoms with Crippen molar-refractivity contribution in [2.24, 2.45) is 0 Å². The standard InChI is InChI=1S/C60H44N2Si/c1-43-39-49(37-38-61(50-21-8-3-9-22-50)60-42-54(34-35-55(43)60)63(52-23-10-4-11-24-52)53-25-12-5-13-26-53)48-31-36-59-57(41-48)56-27-14-15-28-58(56)62(59)51-32-29-45(30-33-51)47-20-16-19-46(40-47)44-17-6-2-7-18-44/h2-42,63H,1H2/b38-37-,49-39+. The molecular formula is C60H44N2Si. The molecule has 63 heavy (non-hydrogen) atoms. The fourth-order valence-corrected chi connectivity index (χ4v) is 12.3. The van der Waals surface area contributed by atoms with Gasteiger partial charge in [-0.05, 0) is 106 Å². The number of para-hydroxylation sites is 2. The second-order valence-electron chi connectivity index (χ2n) is 16.3. The van der Waals surface area contributed by atoms with E-state index >= 15 is 0 Å². The molecule has 0 saturated carbocycles. The quantitative estimate of drug-likeness (QED) is 0.109. The average molecular weight is 821 g/mol. The maximum Gasteiger partial charge on any atom is 0.133 e. The number of allylic oxidation sites excluding steroid dienone is 4. The van der Waals surface area contributed by atoms with Crippen LogP contribution in [0.3, 0.4) is 0 Å². The zero-order valence-electron chi connectivity index (χ0n) is 34.9. The molecule has 0 unspecified atom stereocenters. The highest BCUT2D eigenvalue weighted by Crippen LogP contribution is 2.39. The summed E-state index contributed by atoms with van der Waals surface area (Å²) in [5.74, 6) is 0. The average Bonchev–Trinajstić information content (AvgIpc) is 3.68. The second kappa shape index (κ2) is 16.5. The summed E-state index contributed by atoms with van der Waals surface area (Å²) < 4.78 is 2.40. The van der Waals surface area contributed by atoms with Crippen molar-refractivity contribution in [3.63, 3.8) is 0 Å². The molecule has 0 amide bonds. The molecule has 0 spiro atoms. The molecule has 0 atom stereocenters. The molecule has 1 aliphatic heterocycles. The van der Waals surface area contributed by atoms with Crippen molar-refractivity contribution in [2.45, 2.75) is 0 Å². The van der Waals surface area contributed by atoms with Gasteiger partial charge >= 0.3 is 0 Å². The topological polar surface area (TPSA) is 8.17 Å². The highest BCUT2D eigenvalue weighted by atomic mass is 28.3. The Morgan fingerprint density at radius 2 is 0.952 bits per heavy atom. The van der Waals surface area contributed by atoms with Crippen LogP contribution >= 0.6 is 0 Å². The Morgan fingerprint density at radius 1 is 0.381 bits per heavy atom. The first kappa shape index (κ1) is 38.0. The molecule has 9 aromatic carbocycles. The van der Waals surface area contributed by atoms with Gasteiger partial charge in [0.2, 0.25) is 0 Å². The van der Waals surface area contributed by atoms with Gasteiger partial charge in [0.15, 0.2) is 0 Å². The van der Waals surface area contributed by atoms with Gasteiger partial charge in [-0.25, -0.2) is 0 Å². The maximum absolute atomic E-state index is 4.73. The first-order valence-electron chi connectivity index (χ1n) is 21.6. The van der Waals surface area contributed by atoms with Gasteiger partial charge in [-0.1, -0.05) is 198 Å². The van der Waals surface area contributed by atoms with Gasteiger partial charge in [-0.3, -0.25) is 0 Å². The van der Waals surface area contributed by atoms with Crippen molar-refractivity contribution in [2.75, 3.05) is 4.90 Å². The number of aromatic nitrogens is 1. The second-order valence-corrected chi connectivity index (χ2v) is 19.1. The van der Waals surface area contributed by atoms with E-state index in [4.69, 9.17) is 6.58 Å². The molecule has 0 aliphatic carbocycles. The monoisotopic (exact) mass is 820 g/mol. The van der Waals surface area contributed by atoms with Crippen LogP contribution in [0.1, 0.15) is 11.1 Å². The summed E-state index contributed by atoms with van der Waals surface area (Å²) in [6.07, 6.45) is 6.75. The minimum absolute atomic E-state index is 0.978. The van der Waals surface area contributed by atoms with Crippen LogP contribution in [0.15, 0.2) is 255 Å². The van der Waals surface area contributed by atoms with E-state index < -0.39 is 8.80 Å². The fraction of sp³-hybridized carbons (Fsp3) is 0. The van der Waals surface area contributed by atoms with Gasteiger partial charge in [0, 0.05) is 33.9 Å². The van der Waals surface area contributed by atoms with Gasteiger partial charge in [0.1, 0.15) is 8.80 Å². The number of hydrogen-bond acceptors (Lipinski definition) is 1. The van der Waals surface area contributed by atoms with Crippen LogP contribution < -0.4 is 20.5 Å². The number of anilines is 2. The molecule has 2 heterocycles. The van der Waals surface area contributed by atoms with Crippen LogP contribution in [0.25, 0.3) is 60.9 Å². The van der Waals surface area contributed by atoms with Crippen LogP contribution in [0, 0.1) is 0 Å². The molecule has 0 radical (unpaired) electrons. The van der Waals surface area contributed by atoms with Gasteiger partial charge < -0.3 is 9.47 Å². The minimum atomic E-state index is -1.78. The van der Waals surface area contributed by atoms with Crippen molar-refractivity contribution < 1.29 is 0 Å². The highest BCUT2D eigenvalue weighted by Gasteiger charge is 2.23. The van der Waals surface area contributed by atoms with E-state index in [9.17, 15) is 0 Å². The normalized spacial score (nSPS) is 14.0. The van der Waals surface area contributed by atoms with E-state index in [1.807, 2.05) is 0 Å². The van der Waals surface area contributed by atoms with Crippen LogP contribution in [0.5, 0.6) is 0 Å². The third-order valence-corrected chi connectivity index (χ3v) is 15.6. The Hall–Kier alpha value is -7.98. The lowest BCUT2D eigenvalue weighted by Gasteiger charge is -2.28. The van der Waals surface area contributed by atoms with Crippen LogP contribution in [0.2, 0.25) is 0 Å². The van der Waals surface area contributed by atoms with E-state index in [-0.39, 0.29) is 0 Å². The highest BCUT2D eigenvalue weighted by molar-refractivity contribution is 6.95. The molecule has 298 valence electrons. The van der Waals surface area contributed by atoms with Crippen molar-refractivity contribution in [1.29, 1.82) is 0 Å². The largest absolute Gasteiger partial charge is 0.317 e. The van der Waals surface area contributed by atoms with Crippen molar-refractivity contribution in [3.05, 3.63) is 267 Å². The Morgan fingerprint density at radius 3 is 1.65 bits per heavy atom. The number of benzene rings is 9. The van der Waals surface area contributed by atoms with E-state index in [0.717, 1.165) is 39.3 Å². The first-order valence-corrected chi connectivity index (χ1v) is 23.4. The molecule has 3 heteroatoms. The summed E-state index contributed by atoms with van der Waals surface area (Å²) in [5, 5.41) is 6.61. The summed E-state index contributed by atoms with van der Waals surface area (Å²) in [6.45, 7) is 4.73. The molecular weight excluding hydrogens is 777 g/mol. The summed E-state index contributed by atoms with van der Waals surface area (Å²) in [6, 6.07) is 83.8. The number of rotatable bonds is 8. The Kier molecular flexibility index (Phi) is 9.93. The molecule has 0 bridgehead atoms. The van der Waals surface area contributed by atoms with E-state index in [0.29, 0.717) is 0 Å². The molecule has 11 rings (SSSR count). The molecule has 10 aromatic rings. The fourth-order valence-electron chi connectivity index (χ4n) is 9.35. The summed E-state index contributed by atoms with van der Waals surface area (Å²) in [4.78, 5) is 2.34. The van der Waals surface area contributed by atoms with Crippen LogP contribution in [0.4, 0.5) is 11.4 Å². The van der Waals surface area contributed by atoms with Gasteiger partial charge in [0.05, 0.1) is 16.7 Å². The third-order valence-electron chi connectivity index (χ3n) is 12.4. The van der Waals surface area contributed by atoms with Crippen molar-refractivity contribution >= 4 is 68.7 Å². The summed E-state index contributed by atoms with van der Waals surface area (Å²) in [7, 11) is -1.78. The number of hydrogen-bond donors (Lipinski definition) is 0. The van der Waals surface area contributed by atoms with Gasteiger partial charge in [-0.15, -0.1) is 0 Å². The zero-order chi connectivity index (χ0) is 42.1. The summed E-state index contributed by atoms with van der Waals surface area (Å²) in [5.41, 5.74) is 14.9. The molecule has 0 N–H and O–H groups in total. The lowest BCUT2D eigenvalue weighted by molar-refractivity contribution is 1.18. The molecule has 0 saturated heterocycles. The maximum atomic E-state index is 4.73. The minimum Gasteiger partial charge on any atom is -0.317 e. The van der Waals surface area contributed by atoms with E-state index in [2.05, 4.69) is 258 Å². The predicted molar refractivity (Wildman–Crippen MR) is 272 cm³/mol. The lowest BCUT2D eigenvalue weighted by Crippen LogP contribution is -2.52. The Balaban J connectivity index is 0.983. The SMILES string of the molecule is C=C1/C=C(c2ccc3c(c2)c2ccccc2n3-c2ccc(-c3cccc(-c4ccccc4)c3)cc2)\C=C/N(c2ccccc2)c2cc([SiH](c3ccccc3)c3ccccc3)ccc21.